The van der Waals surface area contributed by atoms with E-state index in [9.17, 15) is 4.79 Å². The van der Waals surface area contributed by atoms with Crippen molar-refractivity contribution in [2.24, 2.45) is 0 Å². The first kappa shape index (κ1) is 17.0. The summed E-state index contributed by atoms with van der Waals surface area (Å²) in [5, 5.41) is 0. The Kier molecular flexibility index (Phi) is 4.11. The number of nitrogens with one attached hydrogen (secondary N) is 1. The van der Waals surface area contributed by atoms with Gasteiger partial charge in [0.2, 0.25) is 0 Å². The maximum absolute atomic E-state index is 11.7. The second-order valence-corrected chi connectivity index (χ2v) is 7.26. The SMILES string of the molecule is CC(=O)C1Cc2cccc(OC[C@H]3CCCN3c3ncnc4nc[nH]c34)c2O1. The van der Waals surface area contributed by atoms with Gasteiger partial charge in [0.25, 0.3) is 0 Å². The summed E-state index contributed by atoms with van der Waals surface area (Å²) >= 11 is 0. The standard InChI is InChI=1S/C20H21N5O3/c1-12(26)16-8-13-4-2-6-15(18(13)28-16)27-9-14-5-3-7-25(14)20-17-19(22-10-21-17)23-11-24-20/h2,4,6,10-11,14,16H,3,5,7-9H2,1H3,(H,21,22,23,24)/t14-,16?/m1/s1. The summed E-state index contributed by atoms with van der Waals surface area (Å²) in [4.78, 5) is 30.0. The van der Waals surface area contributed by atoms with Gasteiger partial charge in [-0.05, 0) is 25.8 Å². The fourth-order valence-corrected chi connectivity index (χ4v) is 4.02. The van der Waals surface area contributed by atoms with E-state index in [1.54, 1.807) is 19.6 Å². The minimum absolute atomic E-state index is 0.0384. The van der Waals surface area contributed by atoms with E-state index in [0.717, 1.165) is 36.3 Å². The molecule has 0 aliphatic carbocycles. The van der Waals surface area contributed by atoms with Crippen LogP contribution >= 0.6 is 0 Å². The zero-order chi connectivity index (χ0) is 19.1. The lowest BCUT2D eigenvalue weighted by molar-refractivity contribution is -0.122. The second-order valence-electron chi connectivity index (χ2n) is 7.26. The van der Waals surface area contributed by atoms with Gasteiger partial charge in [0.05, 0.1) is 12.4 Å². The number of rotatable bonds is 5. The number of carbonyl (C=O) groups is 1. The normalized spacial score (nSPS) is 21.0. The Balaban J connectivity index is 1.35. The van der Waals surface area contributed by atoms with E-state index in [1.165, 1.54) is 0 Å². The van der Waals surface area contributed by atoms with E-state index in [1.807, 2.05) is 18.2 Å². The topological polar surface area (TPSA) is 93.2 Å². The number of fused-ring (bicyclic) bond motifs is 2. The van der Waals surface area contributed by atoms with Crippen LogP contribution in [0.5, 0.6) is 11.5 Å². The van der Waals surface area contributed by atoms with Crippen molar-refractivity contribution in [3.63, 3.8) is 0 Å². The van der Waals surface area contributed by atoms with Crippen LogP contribution in [0.25, 0.3) is 11.2 Å². The lowest BCUT2D eigenvalue weighted by Gasteiger charge is -2.26. The number of ether oxygens (including phenoxy) is 2. The van der Waals surface area contributed by atoms with Crippen molar-refractivity contribution in [2.75, 3.05) is 18.1 Å². The van der Waals surface area contributed by atoms with Crippen LogP contribution in [0.4, 0.5) is 5.82 Å². The third-order valence-corrected chi connectivity index (χ3v) is 5.46. The monoisotopic (exact) mass is 379 g/mol. The Hall–Kier alpha value is -3.16. The molecule has 0 radical (unpaired) electrons. The van der Waals surface area contributed by atoms with Gasteiger partial charge in [0.1, 0.15) is 18.5 Å². The third-order valence-electron chi connectivity index (χ3n) is 5.46. The molecule has 0 amide bonds. The molecular formula is C20H21N5O3. The molecular weight excluding hydrogens is 358 g/mol. The Bertz CT molecular complexity index is 1030. The molecule has 0 saturated carbocycles. The van der Waals surface area contributed by atoms with Gasteiger partial charge >= 0.3 is 0 Å². The maximum Gasteiger partial charge on any atom is 0.182 e. The first-order valence-corrected chi connectivity index (χ1v) is 9.53. The summed E-state index contributed by atoms with van der Waals surface area (Å²) in [6, 6.07) is 6.04. The van der Waals surface area contributed by atoms with E-state index < -0.39 is 6.10 Å². The number of ketones is 1. The Morgan fingerprint density at radius 3 is 3.18 bits per heavy atom. The van der Waals surface area contributed by atoms with Gasteiger partial charge in [0.15, 0.2) is 34.9 Å². The number of aromatic amines is 1. The molecule has 1 aromatic carbocycles. The molecule has 2 atom stereocenters. The van der Waals surface area contributed by atoms with Gasteiger partial charge in [-0.25, -0.2) is 15.0 Å². The summed E-state index contributed by atoms with van der Waals surface area (Å²) in [5.41, 5.74) is 2.54. The largest absolute Gasteiger partial charge is 0.488 e. The van der Waals surface area contributed by atoms with E-state index in [4.69, 9.17) is 9.47 Å². The number of anilines is 1. The van der Waals surface area contributed by atoms with Gasteiger partial charge in [-0.2, -0.15) is 0 Å². The van der Waals surface area contributed by atoms with Crippen molar-refractivity contribution < 1.29 is 14.3 Å². The fraction of sp³-hybridized carbons (Fsp3) is 0.400. The lowest BCUT2D eigenvalue weighted by Crippen LogP contribution is -2.35. The smallest absolute Gasteiger partial charge is 0.182 e. The quantitative estimate of drug-likeness (QED) is 0.727. The first-order chi connectivity index (χ1) is 13.7. The van der Waals surface area contributed by atoms with E-state index in [2.05, 4.69) is 24.8 Å². The van der Waals surface area contributed by atoms with E-state index in [0.29, 0.717) is 30.2 Å². The Labute approximate surface area is 161 Å². The van der Waals surface area contributed by atoms with Crippen molar-refractivity contribution in [3.8, 4) is 11.5 Å². The maximum atomic E-state index is 11.7. The second kappa shape index (κ2) is 6.78. The summed E-state index contributed by atoms with van der Waals surface area (Å²) < 4.78 is 12.0. The molecule has 0 spiro atoms. The lowest BCUT2D eigenvalue weighted by atomic mass is 10.1. The molecule has 8 nitrogen and oxygen atoms in total. The average Bonchev–Trinajstić information content (AvgIpc) is 3.44. The van der Waals surface area contributed by atoms with Crippen LogP contribution in [-0.2, 0) is 11.2 Å². The molecule has 2 aromatic heterocycles. The van der Waals surface area contributed by atoms with Crippen molar-refractivity contribution in [1.82, 2.24) is 19.9 Å². The van der Waals surface area contributed by atoms with Gasteiger partial charge < -0.3 is 19.4 Å². The molecule has 4 heterocycles. The van der Waals surface area contributed by atoms with Crippen LogP contribution in [0.3, 0.4) is 0 Å². The number of carbonyl (C=O) groups excluding carboxylic acids is 1. The highest BCUT2D eigenvalue weighted by Crippen LogP contribution is 2.38. The average molecular weight is 379 g/mol. The molecule has 1 saturated heterocycles. The minimum Gasteiger partial charge on any atom is -0.488 e. The number of Topliss-reactive ketones (excluding diaryl/α,β-unsaturated/α-hetero) is 1. The number of aromatic nitrogens is 4. The molecule has 8 heteroatoms. The summed E-state index contributed by atoms with van der Waals surface area (Å²) in [5.74, 6) is 2.30. The van der Waals surface area contributed by atoms with Crippen LogP contribution in [-0.4, -0.2) is 51.0 Å². The molecule has 0 bridgehead atoms. The van der Waals surface area contributed by atoms with Crippen LogP contribution < -0.4 is 14.4 Å². The highest BCUT2D eigenvalue weighted by Gasteiger charge is 2.31. The minimum atomic E-state index is -0.405. The van der Waals surface area contributed by atoms with E-state index in [-0.39, 0.29) is 11.8 Å². The third kappa shape index (κ3) is 2.85. The molecule has 3 aromatic rings. The number of hydrogen-bond acceptors (Lipinski definition) is 7. The van der Waals surface area contributed by atoms with Crippen LogP contribution in [0.2, 0.25) is 0 Å². The summed E-state index contributed by atoms with van der Waals surface area (Å²) in [6.07, 6.45) is 5.48. The first-order valence-electron chi connectivity index (χ1n) is 9.53. The summed E-state index contributed by atoms with van der Waals surface area (Å²) in [6.45, 7) is 2.99. The predicted octanol–water partition coefficient (Wildman–Crippen LogP) is 2.29. The van der Waals surface area contributed by atoms with Crippen molar-refractivity contribution in [3.05, 3.63) is 36.4 Å². The number of benzene rings is 1. The predicted molar refractivity (Wildman–Crippen MR) is 103 cm³/mol. The van der Waals surface area contributed by atoms with Crippen LogP contribution in [0, 0.1) is 0 Å². The molecule has 1 fully saturated rings. The molecule has 2 aliphatic heterocycles. The van der Waals surface area contributed by atoms with Crippen LogP contribution in [0.1, 0.15) is 25.3 Å². The van der Waals surface area contributed by atoms with Crippen molar-refractivity contribution >= 4 is 22.8 Å². The van der Waals surface area contributed by atoms with Crippen LogP contribution in [0.15, 0.2) is 30.9 Å². The summed E-state index contributed by atoms with van der Waals surface area (Å²) in [7, 11) is 0. The van der Waals surface area contributed by atoms with Gasteiger partial charge in [-0.15, -0.1) is 0 Å². The zero-order valence-corrected chi connectivity index (χ0v) is 15.6. The zero-order valence-electron chi connectivity index (χ0n) is 15.6. The van der Waals surface area contributed by atoms with Gasteiger partial charge in [0, 0.05) is 18.5 Å². The number of hydrogen-bond donors (Lipinski definition) is 1. The molecule has 1 unspecified atom stereocenters. The van der Waals surface area contributed by atoms with Gasteiger partial charge in [-0.3, -0.25) is 4.79 Å². The highest BCUT2D eigenvalue weighted by atomic mass is 16.5. The molecule has 28 heavy (non-hydrogen) atoms. The van der Waals surface area contributed by atoms with Crippen molar-refractivity contribution in [2.45, 2.75) is 38.3 Å². The van der Waals surface area contributed by atoms with Gasteiger partial charge in [-0.1, -0.05) is 12.1 Å². The Morgan fingerprint density at radius 1 is 1.36 bits per heavy atom. The number of H-pyrrole nitrogens is 1. The number of nitrogens with zero attached hydrogens (tertiary/aromatic N) is 4. The molecule has 144 valence electrons. The highest BCUT2D eigenvalue weighted by molar-refractivity contribution is 5.83. The number of para-hydroxylation sites is 1. The fourth-order valence-electron chi connectivity index (χ4n) is 4.02. The molecule has 5 rings (SSSR count). The van der Waals surface area contributed by atoms with Crippen molar-refractivity contribution in [1.29, 1.82) is 0 Å². The number of imidazole rings is 1. The Morgan fingerprint density at radius 2 is 2.29 bits per heavy atom. The molecule has 2 aliphatic rings. The molecule has 1 N–H and O–H groups in total. The van der Waals surface area contributed by atoms with E-state index >= 15 is 0 Å².